The average molecular weight is 927 g/mol. The van der Waals surface area contributed by atoms with Gasteiger partial charge in [0, 0.05) is 25.3 Å². The second kappa shape index (κ2) is 31.8. The summed E-state index contributed by atoms with van der Waals surface area (Å²) in [4.78, 5) is 25.6. The predicted octanol–water partition coefficient (Wildman–Crippen LogP) is 14.3. The summed E-state index contributed by atoms with van der Waals surface area (Å²) in [6.07, 6.45) is 34.6. The molecule has 0 aliphatic rings. The molecular formula is C54H68F6O6. The van der Waals surface area contributed by atoms with Crippen LogP contribution < -0.4 is 0 Å². The lowest BCUT2D eigenvalue weighted by Gasteiger charge is -2.32. The fourth-order valence-corrected chi connectivity index (χ4v) is 7.33. The zero-order valence-electron chi connectivity index (χ0n) is 38.6. The van der Waals surface area contributed by atoms with E-state index in [1.165, 1.54) is 74.2 Å². The molecule has 2 aromatic rings. The quantitative estimate of drug-likeness (QED) is 0.0233. The number of esters is 2. The molecule has 2 aromatic carbocycles. The molecule has 4 atom stereocenters. The van der Waals surface area contributed by atoms with E-state index < -0.39 is 47.7 Å². The molecule has 6 nitrogen and oxygen atoms in total. The number of alkyl halides is 6. The second-order valence-corrected chi connectivity index (χ2v) is 16.0. The zero-order chi connectivity index (χ0) is 48.6. The number of benzene rings is 2. The third-order valence-corrected chi connectivity index (χ3v) is 11.1. The van der Waals surface area contributed by atoms with E-state index >= 15 is 0 Å². The summed E-state index contributed by atoms with van der Waals surface area (Å²) in [6, 6.07) is 13.3. The van der Waals surface area contributed by atoms with Crippen LogP contribution in [0.2, 0.25) is 0 Å². The summed E-state index contributed by atoms with van der Waals surface area (Å²) in [5.41, 5.74) is -7.34. The first kappa shape index (κ1) is 57.1. The van der Waals surface area contributed by atoms with Gasteiger partial charge in [-0.1, -0.05) is 160 Å². The molecule has 0 bridgehead atoms. The highest BCUT2D eigenvalue weighted by Crippen LogP contribution is 2.44. The number of carbonyl (C=O) groups is 2. The number of rotatable bonds is 33. The maximum Gasteiger partial charge on any atom is 0.432 e. The van der Waals surface area contributed by atoms with E-state index in [1.807, 2.05) is 0 Å². The molecule has 0 heterocycles. The van der Waals surface area contributed by atoms with Gasteiger partial charge >= 0.3 is 24.3 Å². The minimum Gasteiger partial charge on any atom is -0.442 e. The standard InChI is InChI=1S/C54H68F6O6/c1-5-47(65-49(61)51(63-3,53(55,56)57)45-39-33-31-34-40-45)43-37-29-27-25-23-21-19-17-15-13-11-9-7-8-10-12-14-16-18-20-22-24-26-28-30-38-44-48(6-2)66-50(62)52(64-4,54(58,59)60)46-41-35-32-36-42-46/h1-2,9,11,14,16,31-44,47-48H,7-8,10,12-13,15,17-30H2,3-4H3/b11-9-,16-14-,43-37+,44-38+/t47-,48-,51-,52-/m0/s1. The molecule has 0 radical (unpaired) electrons. The Balaban J connectivity index is 1.44. The smallest absolute Gasteiger partial charge is 0.432 e. The largest absolute Gasteiger partial charge is 0.442 e. The van der Waals surface area contributed by atoms with E-state index in [9.17, 15) is 35.9 Å². The Kier molecular flexibility index (Phi) is 27.5. The van der Waals surface area contributed by atoms with Crippen LogP contribution in [0, 0.1) is 24.7 Å². The van der Waals surface area contributed by atoms with Gasteiger partial charge in [0.2, 0.25) is 0 Å². The van der Waals surface area contributed by atoms with Gasteiger partial charge in [-0.25, -0.2) is 9.59 Å². The molecule has 0 saturated carbocycles. The lowest BCUT2D eigenvalue weighted by molar-refractivity contribution is -0.277. The van der Waals surface area contributed by atoms with Crippen molar-refractivity contribution in [1.82, 2.24) is 0 Å². The molecule has 0 fully saturated rings. The zero-order valence-corrected chi connectivity index (χ0v) is 38.6. The Hall–Kier alpha value is -5.04. The third-order valence-electron chi connectivity index (χ3n) is 11.1. The van der Waals surface area contributed by atoms with Crippen molar-refractivity contribution >= 4 is 11.9 Å². The van der Waals surface area contributed by atoms with E-state index in [2.05, 4.69) is 36.1 Å². The van der Waals surface area contributed by atoms with Gasteiger partial charge in [0.15, 0.2) is 12.2 Å². The fourth-order valence-electron chi connectivity index (χ4n) is 7.33. The molecule has 0 aliphatic heterocycles. The van der Waals surface area contributed by atoms with Crippen LogP contribution in [-0.2, 0) is 39.7 Å². The number of hydrogen-bond donors (Lipinski definition) is 0. The summed E-state index contributed by atoms with van der Waals surface area (Å²) in [7, 11) is 1.63. The van der Waals surface area contributed by atoms with Gasteiger partial charge in [0.25, 0.3) is 11.2 Å². The molecule has 66 heavy (non-hydrogen) atoms. The van der Waals surface area contributed by atoms with Crippen molar-refractivity contribution in [3.8, 4) is 24.7 Å². The van der Waals surface area contributed by atoms with Crippen LogP contribution in [-0.4, -0.2) is 50.7 Å². The fraction of sp³-hybridized carbons (Fsp3) is 0.519. The maximum atomic E-state index is 14.1. The van der Waals surface area contributed by atoms with Crippen LogP contribution in [0.5, 0.6) is 0 Å². The van der Waals surface area contributed by atoms with Crippen LogP contribution in [0.3, 0.4) is 0 Å². The van der Waals surface area contributed by atoms with Gasteiger partial charge in [-0.3, -0.25) is 0 Å². The average Bonchev–Trinajstić information content (AvgIpc) is 3.29. The van der Waals surface area contributed by atoms with Crippen molar-refractivity contribution in [3.05, 3.63) is 120 Å². The van der Waals surface area contributed by atoms with Crippen molar-refractivity contribution < 1.29 is 54.9 Å². The number of hydrogen-bond acceptors (Lipinski definition) is 6. The molecule has 362 valence electrons. The molecule has 0 aromatic heterocycles. The molecule has 0 spiro atoms. The van der Waals surface area contributed by atoms with Crippen LogP contribution in [0.1, 0.15) is 140 Å². The van der Waals surface area contributed by atoms with Crippen LogP contribution in [0.4, 0.5) is 26.3 Å². The van der Waals surface area contributed by atoms with Crippen molar-refractivity contribution in [2.24, 2.45) is 0 Å². The molecule has 0 amide bonds. The monoisotopic (exact) mass is 926 g/mol. The van der Waals surface area contributed by atoms with Gasteiger partial charge in [0.05, 0.1) is 0 Å². The first-order valence-electron chi connectivity index (χ1n) is 23.1. The Morgan fingerprint density at radius 3 is 0.985 bits per heavy atom. The Morgan fingerprint density at radius 2 is 0.727 bits per heavy atom. The first-order chi connectivity index (χ1) is 31.7. The summed E-state index contributed by atoms with van der Waals surface area (Å²) >= 11 is 0. The van der Waals surface area contributed by atoms with Gasteiger partial charge < -0.3 is 18.9 Å². The summed E-state index contributed by atoms with van der Waals surface area (Å²) in [6.45, 7) is 0. The molecule has 0 saturated heterocycles. The highest BCUT2D eigenvalue weighted by molar-refractivity contribution is 5.84. The number of unbranched alkanes of at least 4 members (excludes halogenated alkanes) is 17. The Morgan fingerprint density at radius 1 is 0.470 bits per heavy atom. The van der Waals surface area contributed by atoms with E-state index in [0.29, 0.717) is 12.8 Å². The number of terminal acetylenes is 2. The first-order valence-corrected chi connectivity index (χ1v) is 23.1. The number of allylic oxidation sites excluding steroid dienone is 6. The molecule has 12 heteroatoms. The van der Waals surface area contributed by atoms with Crippen LogP contribution >= 0.6 is 0 Å². The maximum absolute atomic E-state index is 14.1. The third kappa shape index (κ3) is 19.1. The Labute approximate surface area is 389 Å². The van der Waals surface area contributed by atoms with Crippen molar-refractivity contribution in [2.45, 2.75) is 164 Å². The SMILES string of the molecule is C#C[C@@H](/C=C/CCCCCCC/C=C\CCCC/C=C\CCCCCCCCC/C=C/[C@H](C#C)OC(=O)[C@@](OC)(c1ccccc1)C(F)(F)F)OC(=O)[C@@](OC)(c1ccccc1)C(F)(F)F. The van der Waals surface area contributed by atoms with Crippen LogP contribution in [0.15, 0.2) is 109 Å². The van der Waals surface area contributed by atoms with Crippen LogP contribution in [0.25, 0.3) is 0 Å². The number of ether oxygens (including phenoxy) is 4. The predicted molar refractivity (Wildman–Crippen MR) is 249 cm³/mol. The van der Waals surface area contributed by atoms with Crippen molar-refractivity contribution in [1.29, 1.82) is 0 Å². The summed E-state index contributed by atoms with van der Waals surface area (Å²) in [5, 5.41) is 0. The number of carbonyl (C=O) groups excluding carboxylic acids is 2. The Bertz CT molecular complexity index is 1860. The summed E-state index contributed by atoms with van der Waals surface area (Å²) < 4.78 is 104. The summed E-state index contributed by atoms with van der Waals surface area (Å²) in [5.74, 6) is 1.22. The van der Waals surface area contributed by atoms with Gasteiger partial charge in [-0.15, -0.1) is 12.8 Å². The minimum absolute atomic E-state index is 0.389. The molecule has 0 N–H and O–H groups in total. The second-order valence-electron chi connectivity index (χ2n) is 16.0. The van der Waals surface area contributed by atoms with Crippen molar-refractivity contribution in [2.75, 3.05) is 14.2 Å². The molecule has 2 rings (SSSR count). The molecular weight excluding hydrogens is 859 g/mol. The number of methoxy groups -OCH3 is 2. The van der Waals surface area contributed by atoms with E-state index in [-0.39, 0.29) is 11.1 Å². The molecule has 0 unspecified atom stereocenters. The van der Waals surface area contributed by atoms with E-state index in [4.69, 9.17) is 31.8 Å². The van der Waals surface area contributed by atoms with Crippen molar-refractivity contribution in [3.63, 3.8) is 0 Å². The highest BCUT2D eigenvalue weighted by Gasteiger charge is 2.65. The highest BCUT2D eigenvalue weighted by atomic mass is 19.4. The molecule has 0 aliphatic carbocycles. The topological polar surface area (TPSA) is 71.1 Å². The number of halogens is 6. The minimum atomic E-state index is -5.07. The van der Waals surface area contributed by atoms with E-state index in [1.54, 1.807) is 12.2 Å². The lowest BCUT2D eigenvalue weighted by Crippen LogP contribution is -2.52. The lowest BCUT2D eigenvalue weighted by atomic mass is 9.92. The van der Waals surface area contributed by atoms with E-state index in [0.717, 1.165) is 128 Å². The normalized spacial score (nSPS) is 15.1. The van der Waals surface area contributed by atoms with Gasteiger partial charge in [-0.05, 0) is 89.2 Å². The van der Waals surface area contributed by atoms with Gasteiger partial charge in [-0.2, -0.15) is 26.3 Å². The van der Waals surface area contributed by atoms with Gasteiger partial charge in [0.1, 0.15) is 0 Å².